The molecule has 1 aliphatic heterocycles. The molecule has 1 aromatic carbocycles. The first-order chi connectivity index (χ1) is 14.5. The number of pyridine rings is 1. The van der Waals surface area contributed by atoms with Gasteiger partial charge in [0.15, 0.2) is 16.7 Å². The number of anilines is 1. The van der Waals surface area contributed by atoms with E-state index in [9.17, 15) is 4.39 Å². The van der Waals surface area contributed by atoms with Crippen molar-refractivity contribution in [2.75, 3.05) is 12.3 Å². The summed E-state index contributed by atoms with van der Waals surface area (Å²) in [6, 6.07) is 7.89. The van der Waals surface area contributed by atoms with E-state index in [4.69, 9.17) is 27.5 Å². The van der Waals surface area contributed by atoms with Crippen molar-refractivity contribution in [3.8, 4) is 11.4 Å². The molecule has 30 heavy (non-hydrogen) atoms. The van der Waals surface area contributed by atoms with E-state index in [1.165, 1.54) is 18.3 Å². The molecule has 0 radical (unpaired) electrons. The Hall–Kier alpha value is -3.39. The average molecular weight is 427 g/mol. The van der Waals surface area contributed by atoms with Gasteiger partial charge >= 0.3 is 0 Å². The van der Waals surface area contributed by atoms with Crippen LogP contribution in [-0.4, -0.2) is 27.5 Å². The maximum atomic E-state index is 14.0. The van der Waals surface area contributed by atoms with Crippen LogP contribution in [0.5, 0.6) is 5.75 Å². The number of hydrogen-bond acceptors (Lipinski definition) is 6. The molecule has 0 atom stereocenters. The number of nitrogens with zero attached hydrogens (tertiary/aromatic N) is 3. The van der Waals surface area contributed by atoms with Crippen LogP contribution >= 0.6 is 11.6 Å². The zero-order valence-electron chi connectivity index (χ0n) is 16.2. The Bertz CT molecular complexity index is 1160. The molecule has 2 aromatic heterocycles. The number of allylic oxidation sites excluding steroid dienone is 1. The first kappa shape index (κ1) is 19.9. The van der Waals surface area contributed by atoms with Crippen molar-refractivity contribution in [3.63, 3.8) is 0 Å². The fourth-order valence-corrected chi connectivity index (χ4v) is 3.65. The van der Waals surface area contributed by atoms with E-state index in [1.807, 2.05) is 6.92 Å². The minimum absolute atomic E-state index is 0.0665. The second-order valence-corrected chi connectivity index (χ2v) is 7.18. The molecule has 9 heteroatoms. The summed E-state index contributed by atoms with van der Waals surface area (Å²) in [5.74, 6) is 0.212. The third-order valence-electron chi connectivity index (χ3n) is 4.80. The lowest BCUT2D eigenvalue weighted by molar-refractivity contribution is 0.305. The lowest BCUT2D eigenvalue weighted by Crippen LogP contribution is -2.17. The largest absolute Gasteiger partial charge is 0.485 e. The van der Waals surface area contributed by atoms with E-state index in [2.05, 4.69) is 15.4 Å². The van der Waals surface area contributed by atoms with Crippen molar-refractivity contribution in [2.24, 2.45) is 0 Å². The molecule has 154 valence electrons. The number of rotatable bonds is 3. The number of hydrogen-bond donors (Lipinski definition) is 3. The second-order valence-electron chi connectivity index (χ2n) is 6.79. The molecule has 0 saturated carbocycles. The van der Waals surface area contributed by atoms with Crippen LogP contribution in [0.4, 0.5) is 10.2 Å². The second kappa shape index (κ2) is 8.16. The molecule has 4 N–H and O–H groups in total. The normalized spacial score (nSPS) is 15.8. The Kier molecular flexibility index (Phi) is 5.41. The third kappa shape index (κ3) is 3.73. The van der Waals surface area contributed by atoms with Gasteiger partial charge in [0.05, 0.1) is 11.4 Å². The SMILES string of the molecule is CCN/C1=C(\C=N)Cc2cc(Cl)nn2-c2ccc(F)cc2COc2cc1cnc2N. The topological polar surface area (TPSA) is 102 Å². The molecule has 0 unspecified atom stereocenters. The minimum atomic E-state index is -0.390. The fourth-order valence-electron chi connectivity index (χ4n) is 3.45. The first-order valence-corrected chi connectivity index (χ1v) is 9.77. The van der Waals surface area contributed by atoms with Crippen LogP contribution in [0.1, 0.15) is 23.7 Å². The number of benzene rings is 1. The van der Waals surface area contributed by atoms with Crippen molar-refractivity contribution in [3.05, 3.63) is 69.9 Å². The van der Waals surface area contributed by atoms with Gasteiger partial charge in [-0.25, -0.2) is 14.1 Å². The molecule has 0 saturated heterocycles. The van der Waals surface area contributed by atoms with Crippen LogP contribution in [0.25, 0.3) is 11.4 Å². The van der Waals surface area contributed by atoms with E-state index in [0.29, 0.717) is 40.7 Å². The molecule has 4 rings (SSSR count). The zero-order chi connectivity index (χ0) is 21.3. The number of ether oxygens (including phenoxy) is 1. The summed E-state index contributed by atoms with van der Waals surface area (Å²) in [4.78, 5) is 4.24. The molecule has 2 bridgehead atoms. The third-order valence-corrected chi connectivity index (χ3v) is 4.98. The van der Waals surface area contributed by atoms with Crippen LogP contribution in [-0.2, 0) is 13.0 Å². The highest BCUT2D eigenvalue weighted by atomic mass is 35.5. The molecule has 0 spiro atoms. The number of nitrogens with one attached hydrogen (secondary N) is 2. The molecular formula is C21H20ClFN6O. The highest BCUT2D eigenvalue weighted by Crippen LogP contribution is 2.30. The Labute approximate surface area is 177 Å². The monoisotopic (exact) mass is 426 g/mol. The number of aromatic nitrogens is 3. The Morgan fingerprint density at radius 2 is 2.20 bits per heavy atom. The lowest BCUT2D eigenvalue weighted by Gasteiger charge is -2.19. The van der Waals surface area contributed by atoms with Crippen molar-refractivity contribution in [1.29, 1.82) is 5.41 Å². The number of nitrogens with two attached hydrogens (primary N) is 1. The first-order valence-electron chi connectivity index (χ1n) is 9.39. The van der Waals surface area contributed by atoms with Gasteiger partial charge in [0, 0.05) is 42.2 Å². The predicted molar refractivity (Wildman–Crippen MR) is 115 cm³/mol. The van der Waals surface area contributed by atoms with E-state index < -0.39 is 5.82 Å². The highest BCUT2D eigenvalue weighted by Gasteiger charge is 2.19. The minimum Gasteiger partial charge on any atom is -0.485 e. The maximum absolute atomic E-state index is 14.0. The molecule has 3 aromatic rings. The Morgan fingerprint density at radius 3 is 2.97 bits per heavy atom. The summed E-state index contributed by atoms with van der Waals surface area (Å²) in [6.07, 6.45) is 3.30. The summed E-state index contributed by atoms with van der Waals surface area (Å²) in [5.41, 5.74) is 10.2. The zero-order valence-corrected chi connectivity index (χ0v) is 17.0. The molecule has 1 aliphatic rings. The van der Waals surface area contributed by atoms with Gasteiger partial charge in [-0.3, -0.25) is 0 Å². The standard InChI is InChI=1S/C21H20ClFN6O/c1-2-26-20-12(9-24)6-16-8-19(22)28-29(16)17-4-3-15(23)5-14(17)11-30-18-7-13(20)10-27-21(18)25/h3-5,7-10,24,26H,2,6,11H2,1H3,(H2,25,27)/b20-12-,24-9?. The lowest BCUT2D eigenvalue weighted by atomic mass is 10.0. The van der Waals surface area contributed by atoms with Gasteiger partial charge in [-0.2, -0.15) is 5.10 Å². The molecular weight excluding hydrogens is 407 g/mol. The van der Waals surface area contributed by atoms with Crippen molar-refractivity contribution >= 4 is 29.3 Å². The quantitative estimate of drug-likeness (QED) is 0.553. The van der Waals surface area contributed by atoms with E-state index >= 15 is 0 Å². The maximum Gasteiger partial charge on any atom is 0.166 e. The van der Waals surface area contributed by atoms with Crippen molar-refractivity contribution < 1.29 is 9.13 Å². The van der Waals surface area contributed by atoms with Crippen LogP contribution in [0.2, 0.25) is 5.15 Å². The Morgan fingerprint density at radius 1 is 1.37 bits per heavy atom. The van der Waals surface area contributed by atoms with Crippen LogP contribution in [0.3, 0.4) is 0 Å². The van der Waals surface area contributed by atoms with E-state index in [-0.39, 0.29) is 12.4 Å². The average Bonchev–Trinajstić information content (AvgIpc) is 3.09. The molecule has 3 heterocycles. The van der Waals surface area contributed by atoms with Gasteiger partial charge in [-0.1, -0.05) is 11.6 Å². The number of halogens is 2. The van der Waals surface area contributed by atoms with Gasteiger partial charge in [0.25, 0.3) is 0 Å². The summed E-state index contributed by atoms with van der Waals surface area (Å²) < 4.78 is 21.6. The van der Waals surface area contributed by atoms with E-state index in [1.54, 1.807) is 29.1 Å². The smallest absolute Gasteiger partial charge is 0.166 e. The Balaban J connectivity index is 1.99. The van der Waals surface area contributed by atoms with Gasteiger partial charge in [-0.15, -0.1) is 0 Å². The summed E-state index contributed by atoms with van der Waals surface area (Å²) >= 11 is 6.22. The molecule has 0 fully saturated rings. The molecule has 7 nitrogen and oxygen atoms in total. The molecule has 0 amide bonds. The number of fused-ring (bicyclic) bond motifs is 5. The predicted octanol–water partition coefficient (Wildman–Crippen LogP) is 3.75. The van der Waals surface area contributed by atoms with Gasteiger partial charge < -0.3 is 21.2 Å². The summed E-state index contributed by atoms with van der Waals surface area (Å²) in [7, 11) is 0. The van der Waals surface area contributed by atoms with Crippen LogP contribution in [0, 0.1) is 11.2 Å². The number of nitrogen functional groups attached to an aromatic ring is 1. The molecule has 0 aliphatic carbocycles. The van der Waals surface area contributed by atoms with Gasteiger partial charge in [-0.05, 0) is 42.8 Å². The summed E-state index contributed by atoms with van der Waals surface area (Å²) in [6.45, 7) is 2.69. The van der Waals surface area contributed by atoms with Crippen LogP contribution in [0.15, 0.2) is 42.1 Å². The van der Waals surface area contributed by atoms with Crippen LogP contribution < -0.4 is 15.8 Å². The van der Waals surface area contributed by atoms with Crippen molar-refractivity contribution in [2.45, 2.75) is 20.0 Å². The fraction of sp³-hybridized carbons (Fsp3) is 0.190. The van der Waals surface area contributed by atoms with E-state index in [0.717, 1.165) is 17.0 Å². The highest BCUT2D eigenvalue weighted by molar-refractivity contribution is 6.29. The van der Waals surface area contributed by atoms with Gasteiger partial charge in [0.2, 0.25) is 0 Å². The van der Waals surface area contributed by atoms with Crippen molar-refractivity contribution in [1.82, 2.24) is 20.1 Å². The van der Waals surface area contributed by atoms with Gasteiger partial charge in [0.1, 0.15) is 12.4 Å². The summed E-state index contributed by atoms with van der Waals surface area (Å²) in [5, 5.41) is 16.0.